The number of halogens is 2. The van der Waals surface area contributed by atoms with Gasteiger partial charge in [0.2, 0.25) is 0 Å². The Hall–Kier alpha value is -0.740. The second-order valence-electron chi connectivity index (χ2n) is 4.79. The molecule has 1 aromatic carbocycles. The molecule has 0 radical (unpaired) electrons. The number of benzene rings is 1. The lowest BCUT2D eigenvalue weighted by molar-refractivity contribution is 0.0607. The van der Waals surface area contributed by atoms with Crippen LogP contribution >= 0.6 is 27.5 Å². The summed E-state index contributed by atoms with van der Waals surface area (Å²) in [5, 5.41) is 11.2. The minimum atomic E-state index is -0.0974. The number of phenolic OH excluding ortho intramolecular Hbond substituents is 1. The molecule has 1 unspecified atom stereocenters. The summed E-state index contributed by atoms with van der Waals surface area (Å²) in [7, 11) is 0. The fourth-order valence-electron chi connectivity index (χ4n) is 2.53. The van der Waals surface area contributed by atoms with E-state index < -0.39 is 0 Å². The highest BCUT2D eigenvalue weighted by Crippen LogP contribution is 2.27. The second-order valence-corrected chi connectivity index (χ2v) is 6.02. The molecule has 2 rings (SSSR count). The van der Waals surface area contributed by atoms with E-state index in [0.29, 0.717) is 10.6 Å². The van der Waals surface area contributed by atoms with Crippen LogP contribution in [0.3, 0.4) is 0 Å². The summed E-state index contributed by atoms with van der Waals surface area (Å²) in [6.07, 6.45) is 4.17. The minimum absolute atomic E-state index is 0.0411. The molecule has 0 aromatic heterocycles. The third-order valence-corrected chi connectivity index (χ3v) is 4.21. The van der Waals surface area contributed by atoms with E-state index in [2.05, 4.69) is 15.9 Å². The van der Waals surface area contributed by atoms with Crippen LogP contribution in [0.4, 0.5) is 0 Å². The molecule has 0 bridgehead atoms. The number of piperidine rings is 1. The van der Waals surface area contributed by atoms with E-state index in [-0.39, 0.29) is 17.7 Å². The molecule has 1 heterocycles. The highest BCUT2D eigenvalue weighted by Gasteiger charge is 2.28. The number of aromatic hydroxyl groups is 1. The summed E-state index contributed by atoms with van der Waals surface area (Å²) in [6.45, 7) is 0.762. The van der Waals surface area contributed by atoms with E-state index in [1.54, 1.807) is 12.1 Å². The van der Waals surface area contributed by atoms with Gasteiger partial charge in [0.25, 0.3) is 5.91 Å². The fraction of sp³-hybridized carbons (Fsp3) is 0.500. The van der Waals surface area contributed by atoms with E-state index in [1.165, 1.54) is 6.07 Å². The summed E-state index contributed by atoms with van der Waals surface area (Å²) in [5.41, 5.74) is 0.339. The molecule has 5 heteroatoms. The molecule has 1 atom stereocenters. The molecule has 1 aliphatic rings. The number of phenols is 1. The lowest BCUT2D eigenvalue weighted by Gasteiger charge is -2.35. The van der Waals surface area contributed by atoms with Crippen molar-refractivity contribution in [1.82, 2.24) is 4.90 Å². The molecular formula is C14H17BrClNO2. The van der Waals surface area contributed by atoms with E-state index in [4.69, 9.17) is 11.6 Å². The summed E-state index contributed by atoms with van der Waals surface area (Å²) in [4.78, 5) is 14.4. The molecule has 1 N–H and O–H groups in total. The van der Waals surface area contributed by atoms with Crippen molar-refractivity contribution in [1.29, 1.82) is 0 Å². The average Bonchev–Trinajstić information content (AvgIpc) is 2.39. The number of rotatable bonds is 3. The molecule has 1 aliphatic heterocycles. The van der Waals surface area contributed by atoms with Gasteiger partial charge in [-0.1, -0.05) is 27.5 Å². The van der Waals surface area contributed by atoms with Crippen molar-refractivity contribution in [3.63, 3.8) is 0 Å². The quantitative estimate of drug-likeness (QED) is 0.845. The first kappa shape index (κ1) is 14.7. The summed E-state index contributed by atoms with van der Waals surface area (Å²) < 4.78 is 0. The molecule has 1 amide bonds. The van der Waals surface area contributed by atoms with Gasteiger partial charge in [0.15, 0.2) is 0 Å². The highest BCUT2D eigenvalue weighted by molar-refractivity contribution is 9.09. The number of nitrogens with zero attached hydrogens (tertiary/aromatic N) is 1. The first-order chi connectivity index (χ1) is 9.13. The van der Waals surface area contributed by atoms with Crippen LogP contribution in [0.5, 0.6) is 5.75 Å². The van der Waals surface area contributed by atoms with Gasteiger partial charge >= 0.3 is 0 Å². The zero-order chi connectivity index (χ0) is 13.8. The third-order valence-electron chi connectivity index (χ3n) is 3.52. The monoisotopic (exact) mass is 345 g/mol. The maximum atomic E-state index is 12.5. The van der Waals surface area contributed by atoms with Crippen molar-refractivity contribution in [3.8, 4) is 5.75 Å². The van der Waals surface area contributed by atoms with Crippen molar-refractivity contribution in [2.45, 2.75) is 31.7 Å². The zero-order valence-corrected chi connectivity index (χ0v) is 13.0. The van der Waals surface area contributed by atoms with Gasteiger partial charge in [-0.2, -0.15) is 0 Å². The van der Waals surface area contributed by atoms with Gasteiger partial charge < -0.3 is 10.0 Å². The molecular weight excluding hydrogens is 330 g/mol. The molecule has 0 aliphatic carbocycles. The standard InChI is InChI=1S/C14H17BrClNO2/c15-7-6-11-3-1-2-8-17(11)14(19)12-5-4-10(16)9-13(12)18/h4-5,9,11,18H,1-3,6-8H2. The third kappa shape index (κ3) is 3.42. The van der Waals surface area contributed by atoms with Crippen LogP contribution in [-0.4, -0.2) is 33.8 Å². The van der Waals surface area contributed by atoms with Gasteiger partial charge in [-0.3, -0.25) is 4.79 Å². The molecule has 104 valence electrons. The summed E-state index contributed by atoms with van der Waals surface area (Å²) in [6, 6.07) is 4.91. The zero-order valence-electron chi connectivity index (χ0n) is 10.6. The van der Waals surface area contributed by atoms with Gasteiger partial charge in [-0.05, 0) is 43.9 Å². The smallest absolute Gasteiger partial charge is 0.257 e. The number of alkyl halides is 1. The Morgan fingerprint density at radius 1 is 1.47 bits per heavy atom. The predicted molar refractivity (Wildman–Crippen MR) is 80.2 cm³/mol. The van der Waals surface area contributed by atoms with Crippen molar-refractivity contribution in [2.24, 2.45) is 0 Å². The van der Waals surface area contributed by atoms with E-state index in [9.17, 15) is 9.90 Å². The fourth-order valence-corrected chi connectivity index (χ4v) is 3.23. The van der Waals surface area contributed by atoms with Gasteiger partial charge in [-0.15, -0.1) is 0 Å². The van der Waals surface area contributed by atoms with Crippen LogP contribution in [0.1, 0.15) is 36.0 Å². The highest BCUT2D eigenvalue weighted by atomic mass is 79.9. The van der Waals surface area contributed by atoms with Crippen LogP contribution in [0, 0.1) is 0 Å². The van der Waals surface area contributed by atoms with Crippen LogP contribution < -0.4 is 0 Å². The largest absolute Gasteiger partial charge is 0.507 e. The number of hydrogen-bond donors (Lipinski definition) is 1. The number of carbonyl (C=O) groups is 1. The Morgan fingerprint density at radius 2 is 2.26 bits per heavy atom. The lowest BCUT2D eigenvalue weighted by Crippen LogP contribution is -2.43. The van der Waals surface area contributed by atoms with Crippen LogP contribution in [0.15, 0.2) is 18.2 Å². The Kier molecular flexibility index (Phi) is 5.11. The van der Waals surface area contributed by atoms with Gasteiger partial charge in [0.05, 0.1) is 5.56 Å². The Morgan fingerprint density at radius 3 is 2.95 bits per heavy atom. The molecule has 0 saturated carbocycles. The maximum Gasteiger partial charge on any atom is 0.257 e. The van der Waals surface area contributed by atoms with Crippen LogP contribution in [-0.2, 0) is 0 Å². The van der Waals surface area contributed by atoms with Crippen molar-refractivity contribution in [3.05, 3.63) is 28.8 Å². The Bertz CT molecular complexity index is 465. The first-order valence-electron chi connectivity index (χ1n) is 6.49. The summed E-state index contributed by atoms with van der Waals surface area (Å²) in [5.74, 6) is -0.138. The van der Waals surface area contributed by atoms with Gasteiger partial charge in [0, 0.05) is 22.9 Å². The SMILES string of the molecule is O=C(c1ccc(Cl)cc1O)N1CCCCC1CCBr. The van der Waals surface area contributed by atoms with Crippen LogP contribution in [0.2, 0.25) is 5.02 Å². The van der Waals surface area contributed by atoms with Gasteiger partial charge in [-0.25, -0.2) is 0 Å². The van der Waals surface area contributed by atoms with E-state index >= 15 is 0 Å². The average molecular weight is 347 g/mol. The number of carbonyl (C=O) groups excluding carboxylic acids is 1. The molecule has 19 heavy (non-hydrogen) atoms. The lowest BCUT2D eigenvalue weighted by atomic mass is 9.98. The van der Waals surface area contributed by atoms with Crippen molar-refractivity contribution >= 4 is 33.4 Å². The van der Waals surface area contributed by atoms with Crippen molar-refractivity contribution < 1.29 is 9.90 Å². The van der Waals surface area contributed by atoms with E-state index in [0.717, 1.165) is 37.6 Å². The first-order valence-corrected chi connectivity index (χ1v) is 7.99. The molecule has 1 fully saturated rings. The molecule has 1 aromatic rings. The van der Waals surface area contributed by atoms with Crippen molar-refractivity contribution in [2.75, 3.05) is 11.9 Å². The van der Waals surface area contributed by atoms with Crippen LogP contribution in [0.25, 0.3) is 0 Å². The topological polar surface area (TPSA) is 40.5 Å². The van der Waals surface area contributed by atoms with Gasteiger partial charge in [0.1, 0.15) is 5.75 Å². The van der Waals surface area contributed by atoms with E-state index in [1.807, 2.05) is 4.90 Å². The predicted octanol–water partition coefficient (Wildman–Crippen LogP) is 3.83. The molecule has 1 saturated heterocycles. The minimum Gasteiger partial charge on any atom is -0.507 e. The Labute approximate surface area is 126 Å². The molecule has 3 nitrogen and oxygen atoms in total. The molecule has 0 spiro atoms. The second kappa shape index (κ2) is 6.62. The normalized spacial score (nSPS) is 19.5. The Balaban J connectivity index is 2.21. The number of amides is 1. The number of hydrogen-bond acceptors (Lipinski definition) is 2. The maximum absolute atomic E-state index is 12.5. The summed E-state index contributed by atoms with van der Waals surface area (Å²) >= 11 is 9.23. The number of likely N-dealkylation sites (tertiary alicyclic amines) is 1.